The minimum absolute atomic E-state index is 0.0706. The molecule has 0 amide bonds. The number of carboxylic acid groups (broad SMARTS) is 1. The van der Waals surface area contributed by atoms with Crippen LogP contribution in [0.5, 0.6) is 5.75 Å². The first kappa shape index (κ1) is 12.5. The number of aromatic hydroxyl groups is 1. The van der Waals surface area contributed by atoms with E-state index in [0.29, 0.717) is 14.5 Å². The van der Waals surface area contributed by atoms with E-state index in [-0.39, 0.29) is 12.2 Å². The predicted octanol–water partition coefficient (Wildman–Crippen LogP) is 2.39. The molecule has 82 valence electrons. The first-order valence-corrected chi connectivity index (χ1v) is 5.65. The van der Waals surface area contributed by atoms with Crippen LogP contribution in [0.2, 0.25) is 0 Å². The van der Waals surface area contributed by atoms with E-state index in [4.69, 9.17) is 10.8 Å². The highest BCUT2D eigenvalue weighted by molar-refractivity contribution is 9.11. The van der Waals surface area contributed by atoms with E-state index in [0.717, 1.165) is 0 Å². The number of carboxylic acids is 1. The lowest BCUT2D eigenvalue weighted by atomic mass is 10.0. The minimum Gasteiger partial charge on any atom is -0.506 e. The van der Waals surface area contributed by atoms with Crippen molar-refractivity contribution >= 4 is 37.8 Å². The number of halogens is 2. The van der Waals surface area contributed by atoms with Gasteiger partial charge in [0.05, 0.1) is 15.4 Å². The molecule has 1 atom stereocenters. The number of benzene rings is 1. The smallest absolute Gasteiger partial charge is 0.305 e. The Morgan fingerprint density at radius 1 is 1.40 bits per heavy atom. The van der Waals surface area contributed by atoms with E-state index in [1.54, 1.807) is 12.1 Å². The van der Waals surface area contributed by atoms with Crippen molar-refractivity contribution in [2.75, 3.05) is 0 Å². The molecule has 0 bridgehead atoms. The van der Waals surface area contributed by atoms with Gasteiger partial charge in [0.25, 0.3) is 0 Å². The Morgan fingerprint density at radius 3 is 2.27 bits per heavy atom. The molecule has 4 nitrogen and oxygen atoms in total. The molecule has 1 aromatic rings. The van der Waals surface area contributed by atoms with E-state index in [9.17, 15) is 9.90 Å². The van der Waals surface area contributed by atoms with Crippen molar-refractivity contribution in [3.63, 3.8) is 0 Å². The van der Waals surface area contributed by atoms with Crippen LogP contribution >= 0.6 is 31.9 Å². The fraction of sp³-hybridized carbons (Fsp3) is 0.222. The second-order valence-corrected chi connectivity index (χ2v) is 4.75. The number of phenolic OH excluding ortho intramolecular Hbond substituents is 1. The zero-order chi connectivity index (χ0) is 11.6. The van der Waals surface area contributed by atoms with Crippen molar-refractivity contribution in [3.05, 3.63) is 26.6 Å². The predicted molar refractivity (Wildman–Crippen MR) is 62.7 cm³/mol. The maximum Gasteiger partial charge on any atom is 0.305 e. The molecule has 0 aliphatic carbocycles. The summed E-state index contributed by atoms with van der Waals surface area (Å²) in [5.41, 5.74) is 6.33. The van der Waals surface area contributed by atoms with Gasteiger partial charge in [-0.05, 0) is 49.6 Å². The lowest BCUT2D eigenvalue weighted by Crippen LogP contribution is -2.14. The standard InChI is InChI=1S/C9H9Br2NO3/c10-5-1-4(2-6(11)9(5)15)7(12)3-8(13)14/h1-2,7,15H,3,12H2,(H,13,14)/t7-/m0/s1. The first-order chi connectivity index (χ1) is 6.91. The normalized spacial score (nSPS) is 12.5. The molecule has 6 heteroatoms. The molecule has 0 spiro atoms. The van der Waals surface area contributed by atoms with E-state index < -0.39 is 12.0 Å². The first-order valence-electron chi connectivity index (χ1n) is 4.07. The molecule has 0 aliphatic rings. The Kier molecular flexibility index (Phi) is 4.12. The molecule has 1 aromatic carbocycles. The topological polar surface area (TPSA) is 83.6 Å². The quantitative estimate of drug-likeness (QED) is 0.790. The highest BCUT2D eigenvalue weighted by atomic mass is 79.9. The number of hydrogen-bond donors (Lipinski definition) is 3. The van der Waals surface area contributed by atoms with Crippen LogP contribution in [0, 0.1) is 0 Å². The van der Waals surface area contributed by atoms with Crippen LogP contribution in [0.1, 0.15) is 18.0 Å². The van der Waals surface area contributed by atoms with Crippen molar-refractivity contribution in [1.29, 1.82) is 0 Å². The van der Waals surface area contributed by atoms with Crippen molar-refractivity contribution in [3.8, 4) is 5.75 Å². The van der Waals surface area contributed by atoms with Gasteiger partial charge in [0.1, 0.15) is 5.75 Å². The van der Waals surface area contributed by atoms with Gasteiger partial charge < -0.3 is 15.9 Å². The summed E-state index contributed by atoms with van der Waals surface area (Å²) in [6.07, 6.45) is -0.149. The summed E-state index contributed by atoms with van der Waals surface area (Å²) in [5.74, 6) is -0.885. The zero-order valence-electron chi connectivity index (χ0n) is 7.58. The third-order valence-corrected chi connectivity index (χ3v) is 3.07. The largest absolute Gasteiger partial charge is 0.506 e. The van der Waals surface area contributed by atoms with Crippen LogP contribution < -0.4 is 5.73 Å². The van der Waals surface area contributed by atoms with Crippen LogP contribution in [0.3, 0.4) is 0 Å². The van der Waals surface area contributed by atoms with Crippen LogP contribution in [-0.2, 0) is 4.79 Å². The van der Waals surface area contributed by atoms with E-state index >= 15 is 0 Å². The molecular weight excluding hydrogens is 330 g/mol. The third-order valence-electron chi connectivity index (χ3n) is 1.86. The molecule has 0 aliphatic heterocycles. The van der Waals surface area contributed by atoms with E-state index in [1.807, 2.05) is 0 Å². The molecular formula is C9H9Br2NO3. The van der Waals surface area contributed by atoms with Gasteiger partial charge in [0.2, 0.25) is 0 Å². The van der Waals surface area contributed by atoms with Gasteiger partial charge in [0, 0.05) is 6.04 Å². The molecule has 0 fully saturated rings. The second kappa shape index (κ2) is 4.96. The summed E-state index contributed by atoms with van der Waals surface area (Å²) in [6.45, 7) is 0. The van der Waals surface area contributed by atoms with Crippen molar-refractivity contribution in [2.45, 2.75) is 12.5 Å². The molecule has 0 aromatic heterocycles. The number of aliphatic carboxylic acids is 1. The molecule has 0 radical (unpaired) electrons. The fourth-order valence-corrected chi connectivity index (χ4v) is 2.33. The molecule has 1 rings (SSSR count). The van der Waals surface area contributed by atoms with E-state index in [1.165, 1.54) is 0 Å². The number of rotatable bonds is 3. The number of carbonyl (C=O) groups is 1. The van der Waals surface area contributed by atoms with Crippen molar-refractivity contribution in [1.82, 2.24) is 0 Å². The van der Waals surface area contributed by atoms with Gasteiger partial charge in [-0.25, -0.2) is 0 Å². The summed E-state index contributed by atoms with van der Waals surface area (Å²) < 4.78 is 0.959. The Hall–Kier alpha value is -0.590. The summed E-state index contributed by atoms with van der Waals surface area (Å²) in [5, 5.41) is 18.0. The van der Waals surface area contributed by atoms with Gasteiger partial charge in [0.15, 0.2) is 0 Å². The SMILES string of the molecule is N[C@@H](CC(=O)O)c1cc(Br)c(O)c(Br)c1. The van der Waals surface area contributed by atoms with E-state index in [2.05, 4.69) is 31.9 Å². The summed E-state index contributed by atoms with van der Waals surface area (Å²) >= 11 is 6.30. The Balaban J connectivity index is 3.00. The van der Waals surface area contributed by atoms with Gasteiger partial charge in [-0.1, -0.05) is 0 Å². The highest BCUT2D eigenvalue weighted by Crippen LogP contribution is 2.35. The highest BCUT2D eigenvalue weighted by Gasteiger charge is 2.14. The second-order valence-electron chi connectivity index (χ2n) is 3.04. The molecule has 0 saturated carbocycles. The van der Waals surface area contributed by atoms with Crippen LogP contribution in [0.15, 0.2) is 21.1 Å². The average Bonchev–Trinajstić information content (AvgIpc) is 2.12. The van der Waals surface area contributed by atoms with Crippen molar-refractivity contribution in [2.24, 2.45) is 5.73 Å². The Morgan fingerprint density at radius 2 is 1.87 bits per heavy atom. The number of phenols is 1. The monoisotopic (exact) mass is 337 g/mol. The van der Waals surface area contributed by atoms with Gasteiger partial charge in [-0.15, -0.1) is 0 Å². The number of nitrogens with two attached hydrogens (primary N) is 1. The number of hydrogen-bond acceptors (Lipinski definition) is 3. The van der Waals surface area contributed by atoms with Gasteiger partial charge in [-0.3, -0.25) is 4.79 Å². The third kappa shape index (κ3) is 3.19. The summed E-state index contributed by atoms with van der Waals surface area (Å²) in [4.78, 5) is 10.5. The fourth-order valence-electron chi connectivity index (χ4n) is 1.11. The Bertz CT molecular complexity index is 372. The van der Waals surface area contributed by atoms with Crippen LogP contribution in [0.4, 0.5) is 0 Å². The minimum atomic E-state index is -0.956. The lowest BCUT2D eigenvalue weighted by molar-refractivity contribution is -0.137. The zero-order valence-corrected chi connectivity index (χ0v) is 10.7. The average molecular weight is 339 g/mol. The molecule has 4 N–H and O–H groups in total. The Labute approximate surface area is 103 Å². The maximum absolute atomic E-state index is 10.5. The van der Waals surface area contributed by atoms with Crippen molar-refractivity contribution < 1.29 is 15.0 Å². The van der Waals surface area contributed by atoms with Crippen LogP contribution in [0.25, 0.3) is 0 Å². The van der Waals surface area contributed by atoms with Gasteiger partial charge in [-0.2, -0.15) is 0 Å². The maximum atomic E-state index is 10.5. The summed E-state index contributed by atoms with van der Waals surface area (Å²) in [6, 6.07) is 2.62. The molecule has 15 heavy (non-hydrogen) atoms. The van der Waals surface area contributed by atoms with Crippen LogP contribution in [-0.4, -0.2) is 16.2 Å². The lowest BCUT2D eigenvalue weighted by Gasteiger charge is -2.11. The molecule has 0 heterocycles. The van der Waals surface area contributed by atoms with Gasteiger partial charge >= 0.3 is 5.97 Å². The molecule has 0 saturated heterocycles. The molecule has 0 unspecified atom stereocenters. The summed E-state index contributed by atoms with van der Waals surface area (Å²) in [7, 11) is 0.